The Bertz CT molecular complexity index is 1360. The van der Waals surface area contributed by atoms with Gasteiger partial charge >= 0.3 is 0 Å². The smallest absolute Gasteiger partial charge is 0.294 e. The summed E-state index contributed by atoms with van der Waals surface area (Å²) in [5.74, 6) is -0.412. The lowest BCUT2D eigenvalue weighted by Crippen LogP contribution is -2.36. The number of anilines is 1. The second kappa shape index (κ2) is 9.36. The van der Waals surface area contributed by atoms with E-state index in [1.54, 1.807) is 30.3 Å². The van der Waals surface area contributed by atoms with Crippen LogP contribution in [-0.2, 0) is 9.59 Å². The van der Waals surface area contributed by atoms with Crippen LogP contribution < -0.4 is 5.32 Å². The molecule has 0 bridgehead atoms. The standard InChI is InChI=1S/C24H19N3O6S/c1-14-6-7-17(10-15(14)2)25-22(28)13-26-23(29)21(34-24(26)30)12-19-8-9-20(33-19)16-4-3-5-18(11-16)27(31)32/h3-12H,13H2,1-2H3,(H,25,28)/b21-12+. The highest BCUT2D eigenvalue weighted by Crippen LogP contribution is 2.33. The number of amides is 3. The number of carbonyl (C=O) groups is 3. The summed E-state index contributed by atoms with van der Waals surface area (Å²) in [6, 6.07) is 14.6. The molecular formula is C24H19N3O6S. The van der Waals surface area contributed by atoms with E-state index in [4.69, 9.17) is 4.42 Å². The molecule has 0 radical (unpaired) electrons. The molecule has 4 rings (SSSR count). The average Bonchev–Trinajstić information content (AvgIpc) is 3.37. The van der Waals surface area contributed by atoms with Gasteiger partial charge in [0.05, 0.1) is 9.83 Å². The number of nitrogens with zero attached hydrogens (tertiary/aromatic N) is 2. The van der Waals surface area contributed by atoms with E-state index in [1.165, 1.54) is 18.2 Å². The SMILES string of the molecule is Cc1ccc(NC(=O)CN2C(=O)S/C(=C/c3ccc(-c4cccc([N+](=O)[O-])c4)o3)C2=O)cc1C. The molecule has 10 heteroatoms. The molecule has 0 saturated carbocycles. The topological polar surface area (TPSA) is 123 Å². The van der Waals surface area contributed by atoms with E-state index in [1.807, 2.05) is 26.0 Å². The van der Waals surface area contributed by atoms with Gasteiger partial charge in [0, 0.05) is 29.5 Å². The van der Waals surface area contributed by atoms with E-state index in [9.17, 15) is 24.5 Å². The van der Waals surface area contributed by atoms with Crippen LogP contribution in [0.4, 0.5) is 16.2 Å². The Morgan fingerprint density at radius 2 is 1.91 bits per heavy atom. The molecule has 1 saturated heterocycles. The number of rotatable bonds is 6. The van der Waals surface area contributed by atoms with Gasteiger partial charge in [0.15, 0.2) is 0 Å². The Hall–Kier alpha value is -4.18. The van der Waals surface area contributed by atoms with Crippen LogP contribution in [0.15, 0.2) is 63.9 Å². The first kappa shape index (κ1) is 23.0. The summed E-state index contributed by atoms with van der Waals surface area (Å²) in [6.07, 6.45) is 1.41. The lowest BCUT2D eigenvalue weighted by Gasteiger charge is -2.13. The number of hydrogen-bond acceptors (Lipinski definition) is 7. The number of nitrogens with one attached hydrogen (secondary N) is 1. The summed E-state index contributed by atoms with van der Waals surface area (Å²) in [4.78, 5) is 49.0. The molecule has 0 unspecified atom stereocenters. The molecule has 3 amide bonds. The summed E-state index contributed by atoms with van der Waals surface area (Å²) < 4.78 is 5.69. The van der Waals surface area contributed by atoms with Crippen molar-refractivity contribution in [3.05, 3.63) is 86.5 Å². The minimum absolute atomic E-state index is 0.0735. The first-order valence-corrected chi connectivity index (χ1v) is 11.0. The minimum Gasteiger partial charge on any atom is -0.457 e. The van der Waals surface area contributed by atoms with Crippen molar-refractivity contribution in [3.8, 4) is 11.3 Å². The summed E-state index contributed by atoms with van der Waals surface area (Å²) in [5.41, 5.74) is 3.11. The van der Waals surface area contributed by atoms with Gasteiger partial charge in [0.1, 0.15) is 18.1 Å². The van der Waals surface area contributed by atoms with Crippen LogP contribution in [0.2, 0.25) is 0 Å². The molecule has 1 fully saturated rings. The molecular weight excluding hydrogens is 458 g/mol. The van der Waals surface area contributed by atoms with Crippen LogP contribution >= 0.6 is 11.8 Å². The monoisotopic (exact) mass is 477 g/mol. The van der Waals surface area contributed by atoms with Crippen LogP contribution in [0.3, 0.4) is 0 Å². The molecule has 1 N–H and O–H groups in total. The van der Waals surface area contributed by atoms with Crippen molar-refractivity contribution < 1.29 is 23.7 Å². The van der Waals surface area contributed by atoms with Gasteiger partial charge in [-0.1, -0.05) is 18.2 Å². The maximum absolute atomic E-state index is 12.7. The molecule has 34 heavy (non-hydrogen) atoms. The van der Waals surface area contributed by atoms with E-state index in [0.29, 0.717) is 34.5 Å². The Kier molecular flexibility index (Phi) is 6.33. The lowest BCUT2D eigenvalue weighted by atomic mass is 10.1. The third-order valence-electron chi connectivity index (χ3n) is 5.21. The number of imide groups is 1. The number of carbonyl (C=O) groups excluding carboxylic acids is 3. The maximum Gasteiger partial charge on any atom is 0.294 e. The molecule has 9 nitrogen and oxygen atoms in total. The van der Waals surface area contributed by atoms with Gasteiger partial charge in [0.25, 0.3) is 16.8 Å². The zero-order valence-corrected chi connectivity index (χ0v) is 19.0. The first-order valence-electron chi connectivity index (χ1n) is 10.2. The van der Waals surface area contributed by atoms with Crippen molar-refractivity contribution >= 4 is 46.3 Å². The summed E-state index contributed by atoms with van der Waals surface area (Å²) in [6.45, 7) is 3.47. The fourth-order valence-electron chi connectivity index (χ4n) is 3.29. The molecule has 0 aliphatic carbocycles. The normalized spacial score (nSPS) is 14.6. The van der Waals surface area contributed by atoms with Crippen LogP contribution in [0, 0.1) is 24.0 Å². The van der Waals surface area contributed by atoms with Crippen LogP contribution in [0.5, 0.6) is 0 Å². The highest BCUT2D eigenvalue weighted by atomic mass is 32.2. The van der Waals surface area contributed by atoms with Crippen LogP contribution in [-0.4, -0.2) is 33.4 Å². The van der Waals surface area contributed by atoms with Gasteiger partial charge < -0.3 is 9.73 Å². The van der Waals surface area contributed by atoms with E-state index in [2.05, 4.69) is 5.32 Å². The Morgan fingerprint density at radius 3 is 2.65 bits per heavy atom. The first-order chi connectivity index (χ1) is 16.2. The zero-order valence-electron chi connectivity index (χ0n) is 18.2. The van der Waals surface area contributed by atoms with Crippen molar-refractivity contribution in [1.82, 2.24) is 4.90 Å². The van der Waals surface area contributed by atoms with Crippen molar-refractivity contribution in [2.75, 3.05) is 11.9 Å². The van der Waals surface area contributed by atoms with Gasteiger partial charge in [-0.15, -0.1) is 0 Å². The number of nitro benzene ring substituents is 1. The molecule has 2 heterocycles. The van der Waals surface area contributed by atoms with Crippen molar-refractivity contribution in [3.63, 3.8) is 0 Å². The molecule has 172 valence electrons. The van der Waals surface area contributed by atoms with Gasteiger partial charge in [-0.3, -0.25) is 29.4 Å². The van der Waals surface area contributed by atoms with Gasteiger partial charge in [0.2, 0.25) is 5.91 Å². The second-order valence-corrected chi connectivity index (χ2v) is 8.62. The number of benzene rings is 2. The van der Waals surface area contributed by atoms with Crippen molar-refractivity contribution in [2.24, 2.45) is 0 Å². The van der Waals surface area contributed by atoms with Gasteiger partial charge in [-0.05, 0) is 61.0 Å². The largest absolute Gasteiger partial charge is 0.457 e. The molecule has 1 aliphatic rings. The molecule has 0 spiro atoms. The zero-order chi connectivity index (χ0) is 24.4. The van der Waals surface area contributed by atoms with Crippen molar-refractivity contribution in [2.45, 2.75) is 13.8 Å². The number of hydrogen-bond donors (Lipinski definition) is 1. The van der Waals surface area contributed by atoms with E-state index in [0.717, 1.165) is 16.0 Å². The van der Waals surface area contributed by atoms with E-state index < -0.39 is 28.5 Å². The number of thioether (sulfide) groups is 1. The highest BCUT2D eigenvalue weighted by Gasteiger charge is 2.36. The Labute approximate surface area is 198 Å². The molecule has 2 aromatic carbocycles. The van der Waals surface area contributed by atoms with Gasteiger partial charge in [-0.2, -0.15) is 0 Å². The molecule has 3 aromatic rings. The Morgan fingerprint density at radius 1 is 1.12 bits per heavy atom. The number of non-ortho nitro benzene ring substituents is 1. The quantitative estimate of drug-likeness (QED) is 0.296. The third kappa shape index (κ3) is 4.91. The third-order valence-corrected chi connectivity index (χ3v) is 6.11. The van der Waals surface area contributed by atoms with Gasteiger partial charge in [-0.25, -0.2) is 0 Å². The summed E-state index contributed by atoms with van der Waals surface area (Å²) >= 11 is 0.710. The van der Waals surface area contributed by atoms with E-state index >= 15 is 0 Å². The fraction of sp³-hybridized carbons (Fsp3) is 0.125. The average molecular weight is 477 g/mol. The Balaban J connectivity index is 1.46. The number of nitro groups is 1. The predicted molar refractivity (Wildman–Crippen MR) is 128 cm³/mol. The minimum atomic E-state index is -0.599. The van der Waals surface area contributed by atoms with Crippen molar-refractivity contribution in [1.29, 1.82) is 0 Å². The van der Waals surface area contributed by atoms with Crippen LogP contribution in [0.25, 0.3) is 17.4 Å². The van der Waals surface area contributed by atoms with E-state index in [-0.39, 0.29) is 10.6 Å². The number of furan rings is 1. The molecule has 1 aromatic heterocycles. The number of aryl methyl sites for hydroxylation is 2. The summed E-state index contributed by atoms with van der Waals surface area (Å²) in [5, 5.41) is 13.1. The lowest BCUT2D eigenvalue weighted by molar-refractivity contribution is -0.384. The fourth-order valence-corrected chi connectivity index (χ4v) is 4.11. The summed E-state index contributed by atoms with van der Waals surface area (Å²) in [7, 11) is 0. The highest BCUT2D eigenvalue weighted by molar-refractivity contribution is 8.18. The predicted octanol–water partition coefficient (Wildman–Crippen LogP) is 5.15. The van der Waals surface area contributed by atoms with Crippen LogP contribution in [0.1, 0.15) is 16.9 Å². The molecule has 0 atom stereocenters. The molecule has 1 aliphatic heterocycles. The second-order valence-electron chi connectivity index (χ2n) is 7.62. The maximum atomic E-state index is 12.7.